The zero-order chi connectivity index (χ0) is 17.3. The van der Waals surface area contributed by atoms with E-state index in [2.05, 4.69) is 5.32 Å². The van der Waals surface area contributed by atoms with Crippen LogP contribution in [0, 0.1) is 0 Å². The Morgan fingerprint density at radius 1 is 1.04 bits per heavy atom. The van der Waals surface area contributed by atoms with Gasteiger partial charge in [0.1, 0.15) is 5.58 Å². The van der Waals surface area contributed by atoms with Crippen LogP contribution in [0.2, 0.25) is 10.0 Å². The van der Waals surface area contributed by atoms with Crippen LogP contribution in [0.25, 0.3) is 11.0 Å². The summed E-state index contributed by atoms with van der Waals surface area (Å²) < 4.78 is 5.54. The average molecular weight is 362 g/mol. The largest absolute Gasteiger partial charge is 0.451 e. The monoisotopic (exact) mass is 361 g/mol. The predicted octanol–water partition coefficient (Wildman–Crippen LogP) is 5.12. The van der Waals surface area contributed by atoms with Gasteiger partial charge in [-0.25, -0.2) is 0 Å². The second-order valence-corrected chi connectivity index (χ2v) is 6.10. The molecule has 1 amide bonds. The Morgan fingerprint density at radius 2 is 1.71 bits per heavy atom. The quantitative estimate of drug-likeness (QED) is 0.655. The number of carbonyl (C=O) groups is 2. The molecule has 0 radical (unpaired) electrons. The molecule has 0 spiro atoms. The molecule has 0 bridgehead atoms. The minimum absolute atomic E-state index is 0.00460. The lowest BCUT2D eigenvalue weighted by Gasteiger charge is -2.08. The van der Waals surface area contributed by atoms with Gasteiger partial charge in [-0.2, -0.15) is 0 Å². The number of halogens is 2. The Hall–Kier alpha value is -2.30. The van der Waals surface area contributed by atoms with Crippen LogP contribution in [0.3, 0.4) is 0 Å². The number of rotatable bonds is 4. The van der Waals surface area contributed by atoms with Gasteiger partial charge in [-0.05, 0) is 29.8 Å². The molecule has 2 aromatic carbocycles. The third-order valence-corrected chi connectivity index (χ3v) is 4.29. The summed E-state index contributed by atoms with van der Waals surface area (Å²) in [7, 11) is 0. The van der Waals surface area contributed by atoms with Crippen molar-refractivity contribution in [3.8, 4) is 0 Å². The molecule has 1 heterocycles. The first kappa shape index (κ1) is 16.6. The highest BCUT2D eigenvalue weighted by atomic mass is 35.5. The summed E-state index contributed by atoms with van der Waals surface area (Å²) in [6.07, 6.45) is -0.00460. The molecular weight excluding hydrogens is 349 g/mol. The van der Waals surface area contributed by atoms with Crippen LogP contribution in [-0.2, 0) is 11.2 Å². The number of furan rings is 1. The topological polar surface area (TPSA) is 59.3 Å². The van der Waals surface area contributed by atoms with Gasteiger partial charge in [0.05, 0.1) is 12.1 Å². The average Bonchev–Trinajstić information content (AvgIpc) is 2.90. The van der Waals surface area contributed by atoms with Crippen molar-refractivity contribution in [1.82, 2.24) is 0 Å². The lowest BCUT2D eigenvalue weighted by Crippen LogP contribution is -2.16. The number of carbonyl (C=O) groups excluding carboxylic acids is 2. The smallest absolute Gasteiger partial charge is 0.229 e. The summed E-state index contributed by atoms with van der Waals surface area (Å²) in [5, 5.41) is 4.25. The molecule has 24 heavy (non-hydrogen) atoms. The van der Waals surface area contributed by atoms with Crippen LogP contribution in [0.5, 0.6) is 0 Å². The van der Waals surface area contributed by atoms with Gasteiger partial charge in [-0.3, -0.25) is 9.59 Å². The van der Waals surface area contributed by atoms with Crippen LogP contribution < -0.4 is 5.32 Å². The number of Topliss-reactive ketones (excluding diaryl/α,β-unsaturated/α-hetero) is 1. The number of ketones is 1. The molecule has 0 saturated heterocycles. The number of fused-ring (bicyclic) bond motifs is 1. The number of amides is 1. The number of anilines is 1. The molecule has 1 N–H and O–H groups in total. The van der Waals surface area contributed by atoms with E-state index < -0.39 is 0 Å². The fraction of sp³-hybridized carbons (Fsp3) is 0.111. The lowest BCUT2D eigenvalue weighted by atomic mass is 10.1. The maximum Gasteiger partial charge on any atom is 0.229 e. The van der Waals surface area contributed by atoms with Crippen LogP contribution >= 0.6 is 23.2 Å². The summed E-state index contributed by atoms with van der Waals surface area (Å²) in [5.74, 6) is -0.480. The van der Waals surface area contributed by atoms with E-state index in [1.54, 1.807) is 36.4 Å². The van der Waals surface area contributed by atoms with Gasteiger partial charge in [0.2, 0.25) is 5.91 Å². The highest BCUT2D eigenvalue weighted by Crippen LogP contribution is 2.32. The van der Waals surface area contributed by atoms with Gasteiger partial charge >= 0.3 is 0 Å². The molecule has 0 fully saturated rings. The van der Waals surface area contributed by atoms with E-state index in [1.165, 1.54) is 6.92 Å². The molecule has 0 aliphatic heterocycles. The van der Waals surface area contributed by atoms with E-state index in [4.69, 9.17) is 27.6 Å². The lowest BCUT2D eigenvalue weighted by molar-refractivity contribution is -0.115. The Balaban J connectivity index is 1.93. The third-order valence-electron chi connectivity index (χ3n) is 3.58. The number of benzene rings is 2. The van der Waals surface area contributed by atoms with Gasteiger partial charge < -0.3 is 9.73 Å². The van der Waals surface area contributed by atoms with Crippen molar-refractivity contribution in [1.29, 1.82) is 0 Å². The zero-order valence-electron chi connectivity index (χ0n) is 12.7. The molecule has 6 heteroatoms. The maximum atomic E-state index is 12.4. The third kappa shape index (κ3) is 3.16. The minimum atomic E-state index is -0.334. The molecule has 0 atom stereocenters. The summed E-state index contributed by atoms with van der Waals surface area (Å²) in [4.78, 5) is 24.2. The van der Waals surface area contributed by atoms with Gasteiger partial charge in [-0.1, -0.05) is 41.4 Å². The molecule has 4 nitrogen and oxygen atoms in total. The fourth-order valence-corrected chi connectivity index (χ4v) is 2.99. The number of nitrogens with one attached hydrogen (secondary N) is 1. The fourth-order valence-electron chi connectivity index (χ4n) is 2.46. The minimum Gasteiger partial charge on any atom is -0.451 e. The van der Waals surface area contributed by atoms with Crippen molar-refractivity contribution < 1.29 is 14.0 Å². The first-order chi connectivity index (χ1) is 11.5. The van der Waals surface area contributed by atoms with Gasteiger partial charge in [0, 0.05) is 22.4 Å². The van der Waals surface area contributed by atoms with Crippen LogP contribution in [0.4, 0.5) is 5.69 Å². The zero-order valence-corrected chi connectivity index (χ0v) is 14.2. The molecule has 1 aromatic heterocycles. The number of hydrogen-bond acceptors (Lipinski definition) is 3. The van der Waals surface area contributed by atoms with E-state index in [0.717, 1.165) is 0 Å². The van der Waals surface area contributed by atoms with Crippen LogP contribution in [0.1, 0.15) is 23.0 Å². The molecule has 0 aliphatic rings. The summed E-state index contributed by atoms with van der Waals surface area (Å²) in [6.45, 7) is 1.39. The van der Waals surface area contributed by atoms with Crippen molar-refractivity contribution in [3.05, 3.63) is 63.8 Å². The van der Waals surface area contributed by atoms with E-state index in [-0.39, 0.29) is 23.9 Å². The standard InChI is InChI=1S/C18H13Cl2NO3/c1-10(22)18-17(11-5-2-3-8-15(11)24-18)21-16(23)9-12-13(19)6-4-7-14(12)20/h2-8H,9H2,1H3,(H,21,23). The maximum absolute atomic E-state index is 12.4. The van der Waals surface area contributed by atoms with Crippen molar-refractivity contribution in [2.24, 2.45) is 0 Å². The molecular formula is C18H13Cl2NO3. The highest BCUT2D eigenvalue weighted by molar-refractivity contribution is 6.36. The SMILES string of the molecule is CC(=O)c1oc2ccccc2c1NC(=O)Cc1c(Cl)cccc1Cl. The van der Waals surface area contributed by atoms with Gasteiger partial charge in [0.15, 0.2) is 11.5 Å². The van der Waals surface area contributed by atoms with Gasteiger partial charge in [-0.15, -0.1) is 0 Å². The van der Waals surface area contributed by atoms with Crippen molar-refractivity contribution in [2.75, 3.05) is 5.32 Å². The van der Waals surface area contributed by atoms with Gasteiger partial charge in [0.25, 0.3) is 0 Å². The van der Waals surface area contributed by atoms with Crippen molar-refractivity contribution >= 4 is 51.5 Å². The summed E-state index contributed by atoms with van der Waals surface area (Å²) >= 11 is 12.2. The van der Waals surface area contributed by atoms with Crippen LogP contribution in [0.15, 0.2) is 46.9 Å². The Morgan fingerprint density at radius 3 is 2.38 bits per heavy atom. The Bertz CT molecular complexity index is 926. The Kier molecular flexibility index (Phi) is 4.60. The first-order valence-electron chi connectivity index (χ1n) is 7.22. The highest BCUT2D eigenvalue weighted by Gasteiger charge is 2.20. The van der Waals surface area contributed by atoms with E-state index >= 15 is 0 Å². The summed E-state index contributed by atoms with van der Waals surface area (Å²) in [6, 6.07) is 12.2. The van der Waals surface area contributed by atoms with E-state index in [9.17, 15) is 9.59 Å². The number of hydrogen-bond donors (Lipinski definition) is 1. The first-order valence-corrected chi connectivity index (χ1v) is 7.98. The normalized spacial score (nSPS) is 10.8. The molecule has 3 rings (SSSR count). The van der Waals surface area contributed by atoms with E-state index in [0.29, 0.717) is 32.3 Å². The molecule has 122 valence electrons. The number of para-hydroxylation sites is 1. The van der Waals surface area contributed by atoms with E-state index in [1.807, 2.05) is 6.07 Å². The molecule has 0 aliphatic carbocycles. The Labute approximate surface area is 148 Å². The van der Waals surface area contributed by atoms with Crippen molar-refractivity contribution in [2.45, 2.75) is 13.3 Å². The molecule has 0 unspecified atom stereocenters. The van der Waals surface area contributed by atoms with Crippen molar-refractivity contribution in [3.63, 3.8) is 0 Å². The molecule has 3 aromatic rings. The van der Waals surface area contributed by atoms with Crippen LogP contribution in [-0.4, -0.2) is 11.7 Å². The molecule has 0 saturated carbocycles. The second kappa shape index (κ2) is 6.67. The predicted molar refractivity (Wildman–Crippen MR) is 95.0 cm³/mol. The summed E-state index contributed by atoms with van der Waals surface area (Å²) in [5.41, 5.74) is 1.44. The second-order valence-electron chi connectivity index (χ2n) is 5.28.